The van der Waals surface area contributed by atoms with Crippen LogP contribution >= 0.6 is 23.5 Å². The maximum atomic E-state index is 11.1. The minimum atomic E-state index is -0.777. The highest BCUT2D eigenvalue weighted by molar-refractivity contribution is 8.17. The van der Waals surface area contributed by atoms with Gasteiger partial charge in [0.15, 0.2) is 0 Å². The fourth-order valence-corrected chi connectivity index (χ4v) is 6.92. The number of thioether (sulfide) groups is 2. The number of hydrogen-bond donors (Lipinski definition) is 3. The zero-order chi connectivity index (χ0) is 30.8. The van der Waals surface area contributed by atoms with E-state index in [2.05, 4.69) is 114 Å². The quantitative estimate of drug-likeness (QED) is 0.200. The van der Waals surface area contributed by atoms with Crippen LogP contribution in [0.3, 0.4) is 0 Å². The van der Waals surface area contributed by atoms with Crippen LogP contribution < -0.4 is 4.74 Å². The normalized spacial score (nSPS) is 14.8. The van der Waals surface area contributed by atoms with Gasteiger partial charge in [0.1, 0.15) is 11.5 Å². The number of rotatable bonds is 9. The van der Waals surface area contributed by atoms with Gasteiger partial charge in [0.25, 0.3) is 0 Å². The average Bonchev–Trinajstić information content (AvgIpc) is 2.77. The minimum Gasteiger partial charge on any atom is -0.507 e. The number of benzene rings is 2. The SMILES string of the molecule is CC(Sc1cc(C(C)(C)C)c(O)c(C(C)(C)C)c1)Sc1cc(C(C)(C)C)c(OCC[C@H](O)CO)c(C(C)(C)C)c1. The van der Waals surface area contributed by atoms with Crippen LogP contribution in [0, 0.1) is 0 Å². The van der Waals surface area contributed by atoms with Gasteiger partial charge in [0, 0.05) is 38.5 Å². The van der Waals surface area contributed by atoms with Crippen molar-refractivity contribution in [1.29, 1.82) is 0 Å². The lowest BCUT2D eigenvalue weighted by molar-refractivity contribution is 0.0749. The molecule has 0 saturated heterocycles. The Kier molecular flexibility index (Phi) is 11.2. The van der Waals surface area contributed by atoms with Crippen molar-refractivity contribution in [3.63, 3.8) is 0 Å². The number of aromatic hydroxyl groups is 1. The third kappa shape index (κ3) is 9.34. The molecule has 0 aliphatic rings. The van der Waals surface area contributed by atoms with Crippen LogP contribution in [0.15, 0.2) is 34.1 Å². The monoisotopic (exact) mass is 590 g/mol. The number of hydrogen-bond acceptors (Lipinski definition) is 6. The summed E-state index contributed by atoms with van der Waals surface area (Å²) < 4.78 is 6.57. The van der Waals surface area contributed by atoms with E-state index in [1.54, 1.807) is 0 Å². The van der Waals surface area contributed by atoms with E-state index in [-0.39, 0.29) is 32.8 Å². The van der Waals surface area contributed by atoms with Crippen molar-refractivity contribution in [3.8, 4) is 11.5 Å². The minimum absolute atomic E-state index is 0.141. The van der Waals surface area contributed by atoms with Gasteiger partial charge in [0.2, 0.25) is 0 Å². The first-order valence-electron chi connectivity index (χ1n) is 14.4. The van der Waals surface area contributed by atoms with E-state index in [0.717, 1.165) is 28.0 Å². The van der Waals surface area contributed by atoms with Crippen molar-refractivity contribution in [1.82, 2.24) is 0 Å². The number of phenols is 1. The standard InChI is InChI=1S/C34H54O4S2/c1-21(39-23-16-25(31(2,3)4)29(37)26(17-23)32(5,6)7)40-24-18-27(33(8,9)10)30(28(19-24)34(11,12)13)38-15-14-22(36)20-35/h16-19,21-22,35-37H,14-15,20H2,1-13H3/t21?,22-/m0/s1. The Hall–Kier alpha value is -1.34. The molecule has 0 fully saturated rings. The molecule has 0 amide bonds. The summed E-state index contributed by atoms with van der Waals surface area (Å²) in [6.07, 6.45) is -0.394. The zero-order valence-corrected chi connectivity index (χ0v) is 28.8. The van der Waals surface area contributed by atoms with Crippen LogP contribution in [0.5, 0.6) is 11.5 Å². The molecule has 3 N–H and O–H groups in total. The highest BCUT2D eigenvalue weighted by atomic mass is 32.2. The molecule has 0 aliphatic carbocycles. The molecule has 4 nitrogen and oxygen atoms in total. The molecule has 0 spiro atoms. The Bertz CT molecular complexity index is 1070. The largest absolute Gasteiger partial charge is 0.507 e. The first-order chi connectivity index (χ1) is 18.1. The highest BCUT2D eigenvalue weighted by Crippen LogP contribution is 2.47. The topological polar surface area (TPSA) is 69.9 Å². The third-order valence-electron chi connectivity index (χ3n) is 6.89. The zero-order valence-electron chi connectivity index (χ0n) is 27.2. The summed E-state index contributed by atoms with van der Waals surface area (Å²) in [5.74, 6) is 1.30. The van der Waals surface area contributed by atoms with Gasteiger partial charge in [-0.1, -0.05) is 83.1 Å². The van der Waals surface area contributed by atoms with Crippen LogP contribution in [-0.2, 0) is 21.7 Å². The molecule has 40 heavy (non-hydrogen) atoms. The maximum Gasteiger partial charge on any atom is 0.126 e. The van der Waals surface area contributed by atoms with Crippen molar-refractivity contribution in [2.45, 2.75) is 139 Å². The lowest BCUT2D eigenvalue weighted by atomic mass is 9.79. The Morgan fingerprint density at radius 3 is 1.35 bits per heavy atom. The number of ether oxygens (including phenoxy) is 1. The number of phenolic OH excluding ortho intramolecular Hbond substituents is 1. The Labute approximate surface area is 252 Å². The Morgan fingerprint density at radius 2 is 1.02 bits per heavy atom. The van der Waals surface area contributed by atoms with Crippen LogP contribution in [-0.4, -0.2) is 39.2 Å². The fourth-order valence-electron chi connectivity index (χ4n) is 4.56. The van der Waals surface area contributed by atoms with Crippen molar-refractivity contribution < 1.29 is 20.1 Å². The summed E-state index contributed by atoms with van der Waals surface area (Å²) in [4.78, 5) is 2.37. The first kappa shape index (κ1) is 34.9. The van der Waals surface area contributed by atoms with E-state index in [0.29, 0.717) is 18.8 Å². The van der Waals surface area contributed by atoms with Crippen molar-refractivity contribution in [3.05, 3.63) is 46.5 Å². The summed E-state index contributed by atoms with van der Waals surface area (Å²) in [6, 6.07) is 8.83. The van der Waals surface area contributed by atoms with Gasteiger partial charge in [-0.3, -0.25) is 0 Å². The molecule has 0 radical (unpaired) electrons. The van der Waals surface area contributed by atoms with Gasteiger partial charge in [-0.15, -0.1) is 23.5 Å². The van der Waals surface area contributed by atoms with Gasteiger partial charge >= 0.3 is 0 Å². The summed E-state index contributed by atoms with van der Waals surface area (Å²) in [5.41, 5.74) is 3.65. The predicted molar refractivity (Wildman–Crippen MR) is 174 cm³/mol. The van der Waals surface area contributed by atoms with Crippen LogP contribution in [0.4, 0.5) is 0 Å². The van der Waals surface area contributed by atoms with Gasteiger partial charge < -0.3 is 20.1 Å². The van der Waals surface area contributed by atoms with E-state index in [4.69, 9.17) is 4.74 Å². The smallest absolute Gasteiger partial charge is 0.126 e. The van der Waals surface area contributed by atoms with Gasteiger partial charge in [-0.2, -0.15) is 0 Å². The first-order valence-corrected chi connectivity index (χ1v) is 16.1. The molecule has 0 bridgehead atoms. The second-order valence-corrected chi connectivity index (χ2v) is 18.1. The van der Waals surface area contributed by atoms with E-state index in [9.17, 15) is 15.3 Å². The summed E-state index contributed by atoms with van der Waals surface area (Å²) in [6.45, 7) is 28.4. The van der Waals surface area contributed by atoms with Crippen molar-refractivity contribution in [2.24, 2.45) is 0 Å². The van der Waals surface area contributed by atoms with E-state index in [1.165, 1.54) is 9.79 Å². The molecule has 226 valence electrons. The van der Waals surface area contributed by atoms with Crippen LogP contribution in [0.2, 0.25) is 0 Å². The third-order valence-corrected chi connectivity index (χ3v) is 9.15. The molecule has 2 rings (SSSR count). The molecule has 2 aromatic rings. The molecule has 0 aliphatic heterocycles. The van der Waals surface area contributed by atoms with E-state index < -0.39 is 6.10 Å². The molecule has 1 unspecified atom stereocenters. The molecule has 0 saturated carbocycles. The molecule has 2 atom stereocenters. The van der Waals surface area contributed by atoms with Crippen molar-refractivity contribution >= 4 is 23.5 Å². The molecular formula is C34H54O4S2. The molecule has 6 heteroatoms. The van der Waals surface area contributed by atoms with E-state index >= 15 is 0 Å². The molecule has 2 aromatic carbocycles. The summed E-state index contributed by atoms with van der Waals surface area (Å²) in [7, 11) is 0. The Morgan fingerprint density at radius 1 is 0.675 bits per heavy atom. The number of aliphatic hydroxyl groups excluding tert-OH is 2. The van der Waals surface area contributed by atoms with Gasteiger partial charge in [0.05, 0.1) is 23.9 Å². The summed E-state index contributed by atoms with van der Waals surface area (Å²) in [5, 5.41) is 30.2. The van der Waals surface area contributed by atoms with Crippen LogP contribution in [0.25, 0.3) is 0 Å². The Balaban J connectivity index is 2.50. The lowest BCUT2D eigenvalue weighted by Crippen LogP contribution is -2.22. The number of aliphatic hydroxyl groups is 2. The fraction of sp³-hybridized carbons (Fsp3) is 0.647. The molecular weight excluding hydrogens is 537 g/mol. The lowest BCUT2D eigenvalue weighted by Gasteiger charge is -2.31. The average molecular weight is 591 g/mol. The van der Waals surface area contributed by atoms with Crippen LogP contribution in [0.1, 0.15) is 119 Å². The predicted octanol–water partition coefficient (Wildman–Crippen LogP) is 8.93. The van der Waals surface area contributed by atoms with Gasteiger partial charge in [-0.25, -0.2) is 0 Å². The second kappa shape index (κ2) is 12.9. The van der Waals surface area contributed by atoms with Crippen molar-refractivity contribution in [2.75, 3.05) is 13.2 Å². The molecule has 0 heterocycles. The molecule has 0 aromatic heterocycles. The highest BCUT2D eigenvalue weighted by Gasteiger charge is 2.30. The summed E-state index contributed by atoms with van der Waals surface area (Å²) >= 11 is 3.67. The maximum absolute atomic E-state index is 11.1. The van der Waals surface area contributed by atoms with E-state index in [1.807, 2.05) is 23.5 Å². The second-order valence-electron chi connectivity index (χ2n) is 15.0. The van der Waals surface area contributed by atoms with Gasteiger partial charge in [-0.05, 0) is 52.8 Å².